The van der Waals surface area contributed by atoms with Gasteiger partial charge < -0.3 is 10.2 Å². The van der Waals surface area contributed by atoms with E-state index in [2.05, 4.69) is 5.32 Å². The number of hydrogen-bond acceptors (Lipinski definition) is 4. The van der Waals surface area contributed by atoms with Crippen LogP contribution in [-0.2, 0) is 26.0 Å². The summed E-state index contributed by atoms with van der Waals surface area (Å²) in [6, 6.07) is 22.1. The van der Waals surface area contributed by atoms with E-state index in [1.54, 1.807) is 35.2 Å². The van der Waals surface area contributed by atoms with Crippen LogP contribution >= 0.6 is 11.6 Å². The van der Waals surface area contributed by atoms with E-state index in [-0.39, 0.29) is 29.1 Å². The number of nitrogens with zero attached hydrogens (tertiary/aromatic N) is 2. The molecule has 2 amide bonds. The summed E-state index contributed by atoms with van der Waals surface area (Å²) in [7, 11) is -4.13. The van der Waals surface area contributed by atoms with Crippen LogP contribution in [0, 0.1) is 6.92 Å². The Bertz CT molecular complexity index is 1420. The maximum Gasteiger partial charge on any atom is 0.264 e. The number of anilines is 1. The van der Waals surface area contributed by atoms with Crippen molar-refractivity contribution in [2.24, 2.45) is 0 Å². The number of sulfonamides is 1. The Morgan fingerprint density at radius 2 is 1.66 bits per heavy atom. The number of aryl methyl sites for hydroxylation is 1. The van der Waals surface area contributed by atoms with Crippen LogP contribution in [0.15, 0.2) is 83.8 Å². The summed E-state index contributed by atoms with van der Waals surface area (Å²) in [5.41, 5.74) is 2.22. The van der Waals surface area contributed by atoms with Crippen molar-refractivity contribution in [3.05, 3.63) is 95.0 Å². The molecule has 0 radical (unpaired) electrons. The van der Waals surface area contributed by atoms with Gasteiger partial charge in [0.25, 0.3) is 10.0 Å². The van der Waals surface area contributed by atoms with Gasteiger partial charge in [-0.2, -0.15) is 0 Å². The van der Waals surface area contributed by atoms with Gasteiger partial charge in [-0.25, -0.2) is 8.42 Å². The molecule has 0 aliphatic heterocycles. The van der Waals surface area contributed by atoms with E-state index in [4.69, 9.17) is 11.6 Å². The molecule has 1 fully saturated rings. The highest BCUT2D eigenvalue weighted by molar-refractivity contribution is 7.92. The summed E-state index contributed by atoms with van der Waals surface area (Å²) in [6.07, 6.45) is 4.94. The van der Waals surface area contributed by atoms with E-state index in [0.29, 0.717) is 17.9 Å². The minimum absolute atomic E-state index is 0.0673. The Kier molecular flexibility index (Phi) is 10.5. The van der Waals surface area contributed by atoms with Gasteiger partial charge in [0, 0.05) is 17.6 Å². The summed E-state index contributed by atoms with van der Waals surface area (Å²) in [4.78, 5) is 29.2. The molecule has 0 saturated heterocycles. The number of halogens is 1. The number of carbonyl (C=O) groups excluding carboxylic acids is 2. The van der Waals surface area contributed by atoms with Crippen molar-refractivity contribution in [2.45, 2.75) is 69.4 Å². The maximum atomic E-state index is 14.1. The molecule has 1 aliphatic rings. The van der Waals surface area contributed by atoms with Crippen LogP contribution in [0.25, 0.3) is 0 Å². The van der Waals surface area contributed by atoms with Crippen molar-refractivity contribution in [3.8, 4) is 0 Å². The van der Waals surface area contributed by atoms with Crippen LogP contribution < -0.4 is 9.62 Å². The molecule has 1 unspecified atom stereocenters. The zero-order valence-electron chi connectivity index (χ0n) is 23.6. The lowest BCUT2D eigenvalue weighted by Crippen LogP contribution is -2.54. The molecule has 3 aromatic rings. The highest BCUT2D eigenvalue weighted by Gasteiger charge is 2.34. The van der Waals surface area contributed by atoms with Crippen LogP contribution in [0.5, 0.6) is 0 Å². The molecule has 0 spiro atoms. The standard InChI is InChI=1S/C32H38ClN3O4S/c1-3-30(32(38)34-27-13-7-8-14-27)35(21-20-25-10-5-4-6-11-25)31(37)23-36(28-15-9-12-26(33)22-28)41(39,40)29-18-16-24(2)17-19-29/h4-6,9-12,15-19,22,27,30H,3,7-8,13-14,20-21,23H2,1-2H3,(H,34,38). The lowest BCUT2D eigenvalue weighted by molar-refractivity contribution is -0.139. The van der Waals surface area contributed by atoms with Crippen LogP contribution in [-0.4, -0.2) is 50.3 Å². The molecule has 1 saturated carbocycles. The zero-order chi connectivity index (χ0) is 29.4. The van der Waals surface area contributed by atoms with Crippen molar-refractivity contribution in [3.63, 3.8) is 0 Å². The molecule has 218 valence electrons. The summed E-state index contributed by atoms with van der Waals surface area (Å²) < 4.78 is 28.9. The predicted molar refractivity (Wildman–Crippen MR) is 163 cm³/mol. The van der Waals surface area contributed by atoms with Gasteiger partial charge in [-0.15, -0.1) is 0 Å². The molecule has 0 heterocycles. The Morgan fingerprint density at radius 3 is 2.29 bits per heavy atom. The average molecular weight is 596 g/mol. The van der Waals surface area contributed by atoms with E-state index in [0.717, 1.165) is 41.1 Å². The Balaban J connectivity index is 1.67. The van der Waals surface area contributed by atoms with Gasteiger partial charge in [0.15, 0.2) is 0 Å². The normalized spacial score (nSPS) is 14.4. The van der Waals surface area contributed by atoms with Gasteiger partial charge in [-0.05, 0) is 68.5 Å². The van der Waals surface area contributed by atoms with Gasteiger partial charge in [-0.3, -0.25) is 13.9 Å². The third kappa shape index (κ3) is 7.89. The molecule has 3 aromatic carbocycles. The van der Waals surface area contributed by atoms with Gasteiger partial charge >= 0.3 is 0 Å². The van der Waals surface area contributed by atoms with E-state index in [1.807, 2.05) is 44.2 Å². The van der Waals surface area contributed by atoms with Crippen LogP contribution in [0.3, 0.4) is 0 Å². The third-order valence-corrected chi connectivity index (χ3v) is 9.58. The first-order valence-corrected chi connectivity index (χ1v) is 16.0. The minimum atomic E-state index is -4.13. The fraction of sp³-hybridized carbons (Fsp3) is 0.375. The second-order valence-corrected chi connectivity index (χ2v) is 12.8. The summed E-state index contributed by atoms with van der Waals surface area (Å²) in [6.45, 7) is 3.55. The van der Waals surface area contributed by atoms with Gasteiger partial charge in [-0.1, -0.05) is 85.5 Å². The molecule has 4 rings (SSSR count). The second-order valence-electron chi connectivity index (χ2n) is 10.5. The molecule has 9 heteroatoms. The topological polar surface area (TPSA) is 86.8 Å². The zero-order valence-corrected chi connectivity index (χ0v) is 25.2. The van der Waals surface area contributed by atoms with E-state index >= 15 is 0 Å². The smallest absolute Gasteiger partial charge is 0.264 e. The van der Waals surface area contributed by atoms with Crippen molar-refractivity contribution < 1.29 is 18.0 Å². The highest BCUT2D eigenvalue weighted by Crippen LogP contribution is 2.27. The van der Waals surface area contributed by atoms with Crippen molar-refractivity contribution >= 4 is 39.1 Å². The van der Waals surface area contributed by atoms with E-state index in [9.17, 15) is 18.0 Å². The Labute approximate surface area is 248 Å². The summed E-state index contributed by atoms with van der Waals surface area (Å²) in [5, 5.41) is 3.48. The molecule has 1 aliphatic carbocycles. The van der Waals surface area contributed by atoms with Gasteiger partial charge in [0.05, 0.1) is 10.6 Å². The first-order valence-electron chi connectivity index (χ1n) is 14.2. The monoisotopic (exact) mass is 595 g/mol. The maximum absolute atomic E-state index is 14.1. The SMILES string of the molecule is CCC(C(=O)NC1CCCC1)N(CCc1ccccc1)C(=O)CN(c1cccc(Cl)c1)S(=O)(=O)c1ccc(C)cc1. The quantitative estimate of drug-likeness (QED) is 0.289. The average Bonchev–Trinajstić information content (AvgIpc) is 3.47. The molecule has 1 N–H and O–H groups in total. The Morgan fingerprint density at radius 1 is 0.976 bits per heavy atom. The van der Waals surface area contributed by atoms with Crippen molar-refractivity contribution in [2.75, 3.05) is 17.4 Å². The number of rotatable bonds is 12. The predicted octanol–water partition coefficient (Wildman–Crippen LogP) is 5.75. The second kappa shape index (κ2) is 14.0. The van der Waals surface area contributed by atoms with E-state index < -0.39 is 28.5 Å². The lowest BCUT2D eigenvalue weighted by Gasteiger charge is -2.33. The minimum Gasteiger partial charge on any atom is -0.352 e. The van der Waals surface area contributed by atoms with Crippen LogP contribution in [0.2, 0.25) is 5.02 Å². The lowest BCUT2D eigenvalue weighted by atomic mass is 10.1. The number of hydrogen-bond donors (Lipinski definition) is 1. The number of amides is 2. The first kappa shape index (κ1) is 30.6. The molecule has 0 bridgehead atoms. The number of benzene rings is 3. The molecule has 41 heavy (non-hydrogen) atoms. The molecular weight excluding hydrogens is 558 g/mol. The van der Waals surface area contributed by atoms with E-state index in [1.165, 1.54) is 18.2 Å². The largest absolute Gasteiger partial charge is 0.352 e. The molecular formula is C32H38ClN3O4S. The van der Waals surface area contributed by atoms with Crippen molar-refractivity contribution in [1.29, 1.82) is 0 Å². The van der Waals surface area contributed by atoms with Crippen LogP contribution in [0.1, 0.15) is 50.2 Å². The van der Waals surface area contributed by atoms with Crippen LogP contribution in [0.4, 0.5) is 5.69 Å². The Hall–Kier alpha value is -3.36. The van der Waals surface area contributed by atoms with Gasteiger partial charge in [0.1, 0.15) is 12.6 Å². The molecule has 7 nitrogen and oxygen atoms in total. The highest BCUT2D eigenvalue weighted by atomic mass is 35.5. The fourth-order valence-corrected chi connectivity index (χ4v) is 6.85. The molecule has 0 aromatic heterocycles. The van der Waals surface area contributed by atoms with Gasteiger partial charge in [0.2, 0.25) is 11.8 Å². The summed E-state index contributed by atoms with van der Waals surface area (Å²) in [5.74, 6) is -0.651. The molecule has 1 atom stereocenters. The number of carbonyl (C=O) groups is 2. The fourth-order valence-electron chi connectivity index (χ4n) is 5.26. The van der Waals surface area contributed by atoms with Crippen molar-refractivity contribution in [1.82, 2.24) is 10.2 Å². The first-order chi connectivity index (χ1) is 19.7. The summed E-state index contributed by atoms with van der Waals surface area (Å²) >= 11 is 6.25. The third-order valence-electron chi connectivity index (χ3n) is 7.56. The number of nitrogens with one attached hydrogen (secondary N) is 1.